The van der Waals surface area contributed by atoms with Crippen molar-refractivity contribution in [3.8, 4) is 11.1 Å². The normalized spacial score (nSPS) is 17.7. The van der Waals surface area contributed by atoms with E-state index in [0.717, 1.165) is 32.5 Å². The van der Waals surface area contributed by atoms with Gasteiger partial charge in [-0.2, -0.15) is 11.3 Å². The topological polar surface area (TPSA) is 32.3 Å². The first-order chi connectivity index (χ1) is 13.3. The second kappa shape index (κ2) is 8.83. The largest absolute Gasteiger partial charge is 0.351 e. The van der Waals surface area contributed by atoms with E-state index in [9.17, 15) is 4.79 Å². The third kappa shape index (κ3) is 4.86. The molecule has 1 aliphatic heterocycles. The van der Waals surface area contributed by atoms with E-state index < -0.39 is 0 Å². The van der Waals surface area contributed by atoms with E-state index in [4.69, 9.17) is 0 Å². The summed E-state index contributed by atoms with van der Waals surface area (Å²) in [7, 11) is 0. The SMILES string of the molecule is O=C(NCc1cccs1)C1CCCN(Cc2cccc(-c3ccsc3)c2)C1. The van der Waals surface area contributed by atoms with Gasteiger partial charge >= 0.3 is 0 Å². The molecule has 1 aliphatic rings. The summed E-state index contributed by atoms with van der Waals surface area (Å²) in [5, 5.41) is 9.47. The number of carbonyl (C=O) groups excluding carboxylic acids is 1. The molecule has 0 saturated carbocycles. The minimum atomic E-state index is 0.0961. The van der Waals surface area contributed by atoms with Crippen LogP contribution in [0.15, 0.2) is 58.6 Å². The van der Waals surface area contributed by atoms with Crippen LogP contribution in [0.2, 0.25) is 0 Å². The maximum absolute atomic E-state index is 12.6. The van der Waals surface area contributed by atoms with Crippen LogP contribution in [0.5, 0.6) is 0 Å². The average molecular weight is 397 g/mol. The van der Waals surface area contributed by atoms with Crippen LogP contribution in [-0.2, 0) is 17.9 Å². The maximum atomic E-state index is 12.6. The predicted molar refractivity (Wildman–Crippen MR) is 114 cm³/mol. The summed E-state index contributed by atoms with van der Waals surface area (Å²) in [4.78, 5) is 16.2. The Hall–Kier alpha value is -1.95. The second-order valence-electron chi connectivity index (χ2n) is 7.08. The molecular weight excluding hydrogens is 372 g/mol. The number of hydrogen-bond acceptors (Lipinski definition) is 4. The molecule has 2 aromatic heterocycles. The summed E-state index contributed by atoms with van der Waals surface area (Å²) in [6.07, 6.45) is 2.07. The fourth-order valence-corrected chi connectivity index (χ4v) is 4.99. The molecule has 1 fully saturated rings. The Morgan fingerprint density at radius 3 is 2.93 bits per heavy atom. The van der Waals surface area contributed by atoms with Gasteiger partial charge in [0.25, 0.3) is 0 Å². The number of nitrogens with zero attached hydrogens (tertiary/aromatic N) is 1. The third-order valence-corrected chi connectivity index (χ3v) is 6.64. The van der Waals surface area contributed by atoms with Crippen LogP contribution in [0.3, 0.4) is 0 Å². The van der Waals surface area contributed by atoms with Gasteiger partial charge in [0.2, 0.25) is 5.91 Å². The first kappa shape index (κ1) is 18.4. The van der Waals surface area contributed by atoms with Crippen LogP contribution in [0.1, 0.15) is 23.3 Å². The number of likely N-dealkylation sites (tertiary alicyclic amines) is 1. The minimum Gasteiger partial charge on any atom is -0.351 e. The molecule has 1 unspecified atom stereocenters. The van der Waals surface area contributed by atoms with Gasteiger partial charge in [-0.1, -0.05) is 24.3 Å². The highest BCUT2D eigenvalue weighted by molar-refractivity contribution is 7.09. The Labute approximate surface area is 168 Å². The van der Waals surface area contributed by atoms with Gasteiger partial charge in [0.1, 0.15) is 0 Å². The van der Waals surface area contributed by atoms with Gasteiger partial charge in [-0.05, 0) is 70.4 Å². The zero-order chi connectivity index (χ0) is 18.5. The highest BCUT2D eigenvalue weighted by atomic mass is 32.1. The van der Waals surface area contributed by atoms with Gasteiger partial charge in [-0.3, -0.25) is 9.69 Å². The first-order valence-corrected chi connectivity index (χ1v) is 11.2. The zero-order valence-electron chi connectivity index (χ0n) is 15.3. The van der Waals surface area contributed by atoms with E-state index in [1.165, 1.54) is 21.6 Å². The second-order valence-corrected chi connectivity index (χ2v) is 8.90. The molecule has 4 rings (SSSR count). The Balaban J connectivity index is 1.34. The van der Waals surface area contributed by atoms with Gasteiger partial charge in [0.15, 0.2) is 0 Å². The predicted octanol–water partition coefficient (Wildman–Crippen LogP) is 5.01. The highest BCUT2D eigenvalue weighted by Gasteiger charge is 2.25. The van der Waals surface area contributed by atoms with Crippen LogP contribution in [0, 0.1) is 5.92 Å². The van der Waals surface area contributed by atoms with Crippen molar-refractivity contribution in [2.24, 2.45) is 5.92 Å². The van der Waals surface area contributed by atoms with E-state index in [1.807, 2.05) is 11.4 Å². The standard InChI is InChI=1S/C22H24N2OS2/c25-22(23-13-21-7-3-10-27-21)19-6-2-9-24(15-19)14-17-4-1-5-18(12-17)20-8-11-26-16-20/h1,3-5,7-8,10-12,16,19H,2,6,9,13-15H2,(H,23,25). The van der Waals surface area contributed by atoms with Crippen molar-refractivity contribution in [2.75, 3.05) is 13.1 Å². The van der Waals surface area contributed by atoms with Gasteiger partial charge < -0.3 is 5.32 Å². The maximum Gasteiger partial charge on any atom is 0.224 e. The van der Waals surface area contributed by atoms with Crippen LogP contribution in [-0.4, -0.2) is 23.9 Å². The number of benzene rings is 1. The summed E-state index contributed by atoms with van der Waals surface area (Å²) in [5.74, 6) is 0.291. The molecule has 5 heteroatoms. The molecule has 1 saturated heterocycles. The molecule has 3 nitrogen and oxygen atoms in total. The number of amides is 1. The molecule has 0 bridgehead atoms. The van der Waals surface area contributed by atoms with Crippen LogP contribution in [0.4, 0.5) is 0 Å². The zero-order valence-corrected chi connectivity index (χ0v) is 16.9. The molecule has 0 aliphatic carbocycles. The fourth-order valence-electron chi connectivity index (χ4n) is 3.68. The Morgan fingerprint density at radius 2 is 2.11 bits per heavy atom. The van der Waals surface area contributed by atoms with E-state index in [1.54, 1.807) is 22.7 Å². The number of hydrogen-bond donors (Lipinski definition) is 1. The molecule has 0 spiro atoms. The van der Waals surface area contributed by atoms with Gasteiger partial charge in [0.05, 0.1) is 12.5 Å². The number of thiophene rings is 2. The lowest BCUT2D eigenvalue weighted by Gasteiger charge is -2.32. The smallest absolute Gasteiger partial charge is 0.224 e. The molecule has 140 valence electrons. The third-order valence-electron chi connectivity index (χ3n) is 5.08. The van der Waals surface area contributed by atoms with Gasteiger partial charge in [0, 0.05) is 18.0 Å². The summed E-state index contributed by atoms with van der Waals surface area (Å²) in [6, 6.07) is 15.0. The fraction of sp³-hybridized carbons (Fsp3) is 0.318. The van der Waals surface area contributed by atoms with E-state index in [-0.39, 0.29) is 11.8 Å². The number of nitrogens with one attached hydrogen (secondary N) is 1. The molecule has 27 heavy (non-hydrogen) atoms. The number of piperidine rings is 1. The van der Waals surface area contributed by atoms with Crippen LogP contribution >= 0.6 is 22.7 Å². The van der Waals surface area contributed by atoms with Crippen LogP contribution < -0.4 is 5.32 Å². The number of rotatable bonds is 6. The van der Waals surface area contributed by atoms with Crippen molar-refractivity contribution in [3.05, 3.63) is 69.0 Å². The monoisotopic (exact) mass is 396 g/mol. The Bertz CT molecular complexity index is 858. The van der Waals surface area contributed by atoms with Crippen molar-refractivity contribution in [1.82, 2.24) is 10.2 Å². The Morgan fingerprint density at radius 1 is 1.15 bits per heavy atom. The molecule has 1 amide bonds. The molecule has 0 radical (unpaired) electrons. The lowest BCUT2D eigenvalue weighted by molar-refractivity contribution is -0.126. The van der Waals surface area contributed by atoms with Crippen molar-refractivity contribution < 1.29 is 4.79 Å². The quantitative estimate of drug-likeness (QED) is 0.635. The highest BCUT2D eigenvalue weighted by Crippen LogP contribution is 2.25. The van der Waals surface area contributed by atoms with Gasteiger partial charge in [-0.25, -0.2) is 0 Å². The summed E-state index contributed by atoms with van der Waals surface area (Å²) >= 11 is 3.42. The van der Waals surface area contributed by atoms with Crippen molar-refractivity contribution in [1.29, 1.82) is 0 Å². The summed E-state index contributed by atoms with van der Waals surface area (Å²) in [6.45, 7) is 3.47. The van der Waals surface area contributed by atoms with Gasteiger partial charge in [-0.15, -0.1) is 11.3 Å². The molecule has 3 aromatic rings. The lowest BCUT2D eigenvalue weighted by atomic mass is 9.96. The van der Waals surface area contributed by atoms with E-state index in [2.05, 4.69) is 57.4 Å². The van der Waals surface area contributed by atoms with Crippen molar-refractivity contribution >= 4 is 28.6 Å². The van der Waals surface area contributed by atoms with E-state index >= 15 is 0 Å². The lowest BCUT2D eigenvalue weighted by Crippen LogP contribution is -2.42. The first-order valence-electron chi connectivity index (χ1n) is 9.42. The van der Waals surface area contributed by atoms with Crippen molar-refractivity contribution in [3.63, 3.8) is 0 Å². The van der Waals surface area contributed by atoms with Crippen LogP contribution in [0.25, 0.3) is 11.1 Å². The summed E-state index contributed by atoms with van der Waals surface area (Å²) < 4.78 is 0. The van der Waals surface area contributed by atoms with Crippen molar-refractivity contribution in [2.45, 2.75) is 25.9 Å². The minimum absolute atomic E-state index is 0.0961. The number of carbonyl (C=O) groups is 1. The van der Waals surface area contributed by atoms with E-state index in [0.29, 0.717) is 6.54 Å². The summed E-state index contributed by atoms with van der Waals surface area (Å²) in [5.41, 5.74) is 3.88. The molecule has 1 atom stereocenters. The molecule has 1 N–H and O–H groups in total. The molecule has 3 heterocycles. The average Bonchev–Trinajstić information content (AvgIpc) is 3.40. The molecule has 1 aromatic carbocycles. The Kier molecular flexibility index (Phi) is 6.02. The molecular formula is C22H24N2OS2.